The van der Waals surface area contributed by atoms with Crippen LogP contribution < -0.4 is 10.0 Å². The molecule has 0 atom stereocenters. The second-order valence-corrected chi connectivity index (χ2v) is 7.11. The van der Waals surface area contributed by atoms with Gasteiger partial charge in [-0.3, -0.25) is 4.72 Å². The number of nitrogens with zero attached hydrogens (tertiary/aromatic N) is 1. The second-order valence-electron chi connectivity index (χ2n) is 4.19. The van der Waals surface area contributed by atoms with Crippen LogP contribution in [0.1, 0.15) is 11.3 Å². The van der Waals surface area contributed by atoms with Crippen LogP contribution in [0.2, 0.25) is 5.02 Å². The molecule has 20 heavy (non-hydrogen) atoms. The van der Waals surface area contributed by atoms with Gasteiger partial charge >= 0.3 is 0 Å². The van der Waals surface area contributed by atoms with E-state index in [1.54, 1.807) is 37.6 Å². The molecule has 0 aliphatic carbocycles. The van der Waals surface area contributed by atoms with E-state index in [0.29, 0.717) is 11.7 Å². The summed E-state index contributed by atoms with van der Waals surface area (Å²) in [5.41, 5.74) is 1.61. The summed E-state index contributed by atoms with van der Waals surface area (Å²) >= 11 is 7.23. The zero-order valence-electron chi connectivity index (χ0n) is 11.0. The Morgan fingerprint density at radius 3 is 2.75 bits per heavy atom. The van der Waals surface area contributed by atoms with Crippen molar-refractivity contribution in [3.8, 4) is 0 Å². The normalized spacial score (nSPS) is 11.6. The fraction of sp³-hybridized carbons (Fsp3) is 0.250. The average Bonchev–Trinajstić information content (AvgIpc) is 2.76. The molecule has 1 heterocycles. The number of sulfonamides is 1. The lowest BCUT2D eigenvalue weighted by Gasteiger charge is -2.09. The molecule has 2 rings (SSSR count). The molecule has 8 heteroatoms. The number of aryl methyl sites for hydroxylation is 1. The quantitative estimate of drug-likeness (QED) is 0.883. The minimum absolute atomic E-state index is 0.0553. The van der Waals surface area contributed by atoms with E-state index in [2.05, 4.69) is 15.0 Å². The van der Waals surface area contributed by atoms with Gasteiger partial charge in [-0.25, -0.2) is 13.4 Å². The number of aromatic nitrogens is 1. The molecule has 0 unspecified atom stereocenters. The highest BCUT2D eigenvalue weighted by molar-refractivity contribution is 7.93. The topological polar surface area (TPSA) is 71.1 Å². The number of halogens is 1. The Morgan fingerprint density at radius 1 is 1.40 bits per heavy atom. The summed E-state index contributed by atoms with van der Waals surface area (Å²) in [4.78, 5) is 4.14. The summed E-state index contributed by atoms with van der Waals surface area (Å²) < 4.78 is 27.1. The van der Waals surface area contributed by atoms with Gasteiger partial charge in [0.1, 0.15) is 4.90 Å². The third kappa shape index (κ3) is 3.49. The maximum atomic E-state index is 12.3. The number of anilines is 1. The Morgan fingerprint density at radius 2 is 2.15 bits per heavy atom. The fourth-order valence-corrected chi connectivity index (χ4v) is 4.13. The van der Waals surface area contributed by atoms with Gasteiger partial charge < -0.3 is 5.32 Å². The molecule has 0 amide bonds. The Hall–Kier alpha value is -1.15. The predicted molar refractivity (Wildman–Crippen MR) is 81.9 cm³/mol. The summed E-state index contributed by atoms with van der Waals surface area (Å²) in [6, 6.07) is 4.92. The van der Waals surface area contributed by atoms with Crippen molar-refractivity contribution in [3.05, 3.63) is 39.9 Å². The van der Waals surface area contributed by atoms with Crippen molar-refractivity contribution in [3.63, 3.8) is 0 Å². The highest BCUT2D eigenvalue weighted by Crippen LogP contribution is 2.26. The van der Waals surface area contributed by atoms with Gasteiger partial charge in [0, 0.05) is 11.9 Å². The molecule has 1 aromatic carbocycles. The highest BCUT2D eigenvalue weighted by Gasteiger charge is 2.19. The molecule has 1 aromatic heterocycles. The molecule has 0 saturated carbocycles. The van der Waals surface area contributed by atoms with Gasteiger partial charge in [0.05, 0.1) is 10.7 Å². The Kier molecular flexibility index (Phi) is 4.64. The van der Waals surface area contributed by atoms with Crippen LogP contribution in [0.5, 0.6) is 0 Å². The lowest BCUT2D eigenvalue weighted by atomic mass is 10.2. The summed E-state index contributed by atoms with van der Waals surface area (Å²) in [5.74, 6) is 0. The molecule has 0 radical (unpaired) electrons. The van der Waals surface area contributed by atoms with Crippen molar-refractivity contribution in [1.29, 1.82) is 0 Å². The van der Waals surface area contributed by atoms with Crippen LogP contribution >= 0.6 is 22.9 Å². The van der Waals surface area contributed by atoms with E-state index in [4.69, 9.17) is 11.6 Å². The highest BCUT2D eigenvalue weighted by atomic mass is 35.5. The monoisotopic (exact) mass is 331 g/mol. The average molecular weight is 332 g/mol. The zero-order chi connectivity index (χ0) is 14.8. The van der Waals surface area contributed by atoms with Crippen molar-refractivity contribution >= 4 is 38.1 Å². The third-order valence-electron chi connectivity index (χ3n) is 2.51. The molecular weight excluding hydrogens is 318 g/mol. The van der Waals surface area contributed by atoms with Crippen LogP contribution in [0.25, 0.3) is 0 Å². The summed E-state index contributed by atoms with van der Waals surface area (Å²) in [7, 11) is -1.94. The number of rotatable bonds is 5. The molecule has 0 fully saturated rings. The molecule has 0 bridgehead atoms. The number of hydrogen-bond donors (Lipinski definition) is 2. The van der Waals surface area contributed by atoms with Crippen LogP contribution in [0.4, 0.5) is 5.13 Å². The van der Waals surface area contributed by atoms with Crippen LogP contribution in [-0.4, -0.2) is 20.4 Å². The van der Waals surface area contributed by atoms with Gasteiger partial charge in [0.25, 0.3) is 10.0 Å². The van der Waals surface area contributed by atoms with Gasteiger partial charge in [-0.05, 0) is 31.7 Å². The largest absolute Gasteiger partial charge is 0.316 e. The maximum absolute atomic E-state index is 12.3. The first-order valence-electron chi connectivity index (χ1n) is 5.80. The molecular formula is C12H14ClN3O2S2. The van der Waals surface area contributed by atoms with E-state index in [9.17, 15) is 8.42 Å². The second kappa shape index (κ2) is 6.09. The summed E-state index contributed by atoms with van der Waals surface area (Å²) in [6.07, 6.45) is 0. The molecule has 0 saturated heterocycles. The first-order chi connectivity index (χ1) is 9.42. The SMILES string of the molecule is CNCc1ccc(Cl)c(S(=O)(=O)Nc2nc(C)cs2)c1. The Balaban J connectivity index is 2.35. The predicted octanol–water partition coefficient (Wildman–Crippen LogP) is 2.63. The maximum Gasteiger partial charge on any atom is 0.265 e. The van der Waals surface area contributed by atoms with Gasteiger partial charge in [0.2, 0.25) is 0 Å². The van der Waals surface area contributed by atoms with Crippen molar-refractivity contribution < 1.29 is 8.42 Å². The number of benzene rings is 1. The molecule has 0 spiro atoms. The van der Waals surface area contributed by atoms with Crippen molar-refractivity contribution in [1.82, 2.24) is 10.3 Å². The lowest BCUT2D eigenvalue weighted by molar-refractivity contribution is 0.601. The summed E-state index contributed by atoms with van der Waals surface area (Å²) in [6.45, 7) is 2.37. The van der Waals surface area contributed by atoms with Crippen molar-refractivity contribution in [2.45, 2.75) is 18.4 Å². The zero-order valence-corrected chi connectivity index (χ0v) is 13.4. The molecule has 0 aliphatic heterocycles. The number of thiazole rings is 1. The van der Waals surface area contributed by atoms with Crippen molar-refractivity contribution in [2.24, 2.45) is 0 Å². The fourth-order valence-electron chi connectivity index (χ4n) is 1.64. The van der Waals surface area contributed by atoms with E-state index in [-0.39, 0.29) is 9.92 Å². The Bertz CT molecular complexity index is 713. The molecule has 0 aliphatic rings. The summed E-state index contributed by atoms with van der Waals surface area (Å²) in [5, 5.41) is 5.26. The van der Waals surface area contributed by atoms with Gasteiger partial charge in [-0.2, -0.15) is 0 Å². The van der Waals surface area contributed by atoms with E-state index in [1.165, 1.54) is 11.3 Å². The Labute approximate surface area is 127 Å². The molecule has 5 nitrogen and oxygen atoms in total. The first kappa shape index (κ1) is 15.2. The number of nitrogens with one attached hydrogen (secondary N) is 2. The first-order valence-corrected chi connectivity index (χ1v) is 8.54. The smallest absolute Gasteiger partial charge is 0.265 e. The van der Waals surface area contributed by atoms with Crippen LogP contribution in [0, 0.1) is 6.92 Å². The third-order valence-corrected chi connectivity index (χ3v) is 5.33. The van der Waals surface area contributed by atoms with E-state index >= 15 is 0 Å². The van der Waals surface area contributed by atoms with Crippen LogP contribution in [0.15, 0.2) is 28.5 Å². The molecule has 108 valence electrons. The van der Waals surface area contributed by atoms with Gasteiger partial charge in [0.15, 0.2) is 5.13 Å². The van der Waals surface area contributed by atoms with Gasteiger partial charge in [-0.1, -0.05) is 17.7 Å². The lowest BCUT2D eigenvalue weighted by Crippen LogP contribution is -2.14. The van der Waals surface area contributed by atoms with E-state index in [1.807, 2.05) is 0 Å². The van der Waals surface area contributed by atoms with E-state index < -0.39 is 10.0 Å². The minimum Gasteiger partial charge on any atom is -0.316 e. The van der Waals surface area contributed by atoms with Crippen LogP contribution in [0.3, 0.4) is 0 Å². The van der Waals surface area contributed by atoms with Gasteiger partial charge in [-0.15, -0.1) is 11.3 Å². The van der Waals surface area contributed by atoms with E-state index in [0.717, 1.165) is 11.3 Å². The van der Waals surface area contributed by atoms with Crippen LogP contribution in [-0.2, 0) is 16.6 Å². The molecule has 2 N–H and O–H groups in total. The molecule has 2 aromatic rings. The van der Waals surface area contributed by atoms with Crippen molar-refractivity contribution in [2.75, 3.05) is 11.8 Å². The standard InChI is InChI=1S/C12H14ClN3O2S2/c1-8-7-19-12(15-8)16-20(17,18)11-5-9(6-14-2)3-4-10(11)13/h3-5,7,14H,6H2,1-2H3,(H,15,16). The minimum atomic E-state index is -3.73. The number of hydrogen-bond acceptors (Lipinski definition) is 5.